The van der Waals surface area contributed by atoms with E-state index in [9.17, 15) is 14.7 Å². The molecule has 0 unspecified atom stereocenters. The number of aromatic hydroxyl groups is 1. The summed E-state index contributed by atoms with van der Waals surface area (Å²) in [5.74, 6) is -0.536. The highest BCUT2D eigenvalue weighted by atomic mass is 32.1. The Labute approximate surface area is 160 Å². The number of carbonyl (C=O) groups excluding carboxylic acids is 2. The summed E-state index contributed by atoms with van der Waals surface area (Å²) in [6.07, 6.45) is 0. The van der Waals surface area contributed by atoms with Crippen LogP contribution in [0.3, 0.4) is 0 Å². The van der Waals surface area contributed by atoms with Crippen molar-refractivity contribution < 1.29 is 14.7 Å². The van der Waals surface area contributed by atoms with Crippen LogP contribution in [0.1, 0.15) is 28.4 Å². The lowest BCUT2D eigenvalue weighted by molar-refractivity contribution is -0.119. The van der Waals surface area contributed by atoms with Crippen molar-refractivity contribution in [2.45, 2.75) is 20.4 Å². The Bertz CT molecular complexity index is 980. The number of amides is 2. The van der Waals surface area contributed by atoms with Gasteiger partial charge in [0.1, 0.15) is 5.75 Å². The van der Waals surface area contributed by atoms with Gasteiger partial charge in [-0.25, -0.2) is 4.98 Å². The number of hydrogen-bond acceptors (Lipinski definition) is 5. The number of rotatable bonds is 5. The second-order valence-electron chi connectivity index (χ2n) is 6.12. The van der Waals surface area contributed by atoms with Crippen LogP contribution in [0.25, 0.3) is 11.3 Å². The van der Waals surface area contributed by atoms with E-state index in [0.717, 1.165) is 22.4 Å². The molecule has 0 spiro atoms. The van der Waals surface area contributed by atoms with E-state index in [0.29, 0.717) is 11.7 Å². The lowest BCUT2D eigenvalue weighted by atomic mass is 10.1. The third kappa shape index (κ3) is 4.71. The average Bonchev–Trinajstić information content (AvgIpc) is 3.10. The minimum absolute atomic E-state index is 0.0651. The van der Waals surface area contributed by atoms with Gasteiger partial charge >= 0.3 is 0 Å². The Balaban J connectivity index is 1.70. The summed E-state index contributed by atoms with van der Waals surface area (Å²) in [7, 11) is 0. The van der Waals surface area contributed by atoms with Crippen LogP contribution in [0.15, 0.2) is 47.8 Å². The number of nitrogens with zero attached hydrogens (tertiary/aromatic N) is 1. The maximum absolute atomic E-state index is 12.4. The highest BCUT2D eigenvalue weighted by Gasteiger charge is 2.14. The van der Waals surface area contributed by atoms with Gasteiger partial charge in [-0.15, -0.1) is 11.3 Å². The normalized spacial score (nSPS) is 10.4. The molecule has 3 N–H and O–H groups in total. The zero-order valence-corrected chi connectivity index (χ0v) is 15.8. The van der Waals surface area contributed by atoms with E-state index < -0.39 is 5.91 Å². The second-order valence-corrected chi connectivity index (χ2v) is 6.98. The first-order valence-corrected chi connectivity index (χ1v) is 9.20. The summed E-state index contributed by atoms with van der Waals surface area (Å²) in [6.45, 7) is 3.82. The number of anilines is 1. The van der Waals surface area contributed by atoms with Crippen molar-refractivity contribution in [2.24, 2.45) is 0 Å². The molecule has 0 saturated heterocycles. The Morgan fingerprint density at radius 2 is 1.89 bits per heavy atom. The summed E-state index contributed by atoms with van der Waals surface area (Å²) in [4.78, 5) is 27.8. The standard InChI is InChI=1S/C20H19N3O3S/c1-12-3-8-18(25)16(9-12)19(26)23-20-22-17(11-27-20)15-6-4-14(5-7-15)10-21-13(2)24/h3-9,11,25H,10H2,1-2H3,(H,21,24)(H,22,23,26). The highest BCUT2D eigenvalue weighted by Crippen LogP contribution is 2.26. The van der Waals surface area contributed by atoms with E-state index in [4.69, 9.17) is 0 Å². The van der Waals surface area contributed by atoms with Crippen LogP contribution in [0.4, 0.5) is 5.13 Å². The molecule has 27 heavy (non-hydrogen) atoms. The molecule has 2 amide bonds. The fourth-order valence-electron chi connectivity index (χ4n) is 2.48. The van der Waals surface area contributed by atoms with Crippen molar-refractivity contribution in [3.05, 3.63) is 64.5 Å². The molecule has 1 heterocycles. The minimum atomic E-state index is -0.400. The third-order valence-electron chi connectivity index (χ3n) is 3.91. The fourth-order valence-corrected chi connectivity index (χ4v) is 3.19. The molecule has 0 fully saturated rings. The van der Waals surface area contributed by atoms with Gasteiger partial charge in [0.05, 0.1) is 11.3 Å². The van der Waals surface area contributed by atoms with Gasteiger partial charge in [0.2, 0.25) is 5.91 Å². The number of phenols is 1. The average molecular weight is 381 g/mol. The minimum Gasteiger partial charge on any atom is -0.507 e. The molecule has 7 heteroatoms. The third-order valence-corrected chi connectivity index (χ3v) is 4.67. The van der Waals surface area contributed by atoms with Gasteiger partial charge in [-0.05, 0) is 24.6 Å². The van der Waals surface area contributed by atoms with Crippen LogP contribution >= 0.6 is 11.3 Å². The van der Waals surface area contributed by atoms with E-state index in [1.165, 1.54) is 24.3 Å². The molecule has 0 atom stereocenters. The Kier molecular flexibility index (Phi) is 5.52. The second kappa shape index (κ2) is 8.01. The van der Waals surface area contributed by atoms with Crippen LogP contribution < -0.4 is 10.6 Å². The quantitative estimate of drug-likeness (QED) is 0.628. The lowest BCUT2D eigenvalue weighted by Gasteiger charge is -2.05. The van der Waals surface area contributed by atoms with Crippen molar-refractivity contribution in [3.63, 3.8) is 0 Å². The number of phenolic OH excluding ortho intramolecular Hbond substituents is 1. The molecular weight excluding hydrogens is 362 g/mol. The molecule has 0 saturated carbocycles. The van der Waals surface area contributed by atoms with E-state index in [1.807, 2.05) is 36.6 Å². The van der Waals surface area contributed by atoms with Gasteiger partial charge in [-0.2, -0.15) is 0 Å². The molecule has 6 nitrogen and oxygen atoms in total. The van der Waals surface area contributed by atoms with Crippen LogP contribution in [0.2, 0.25) is 0 Å². The smallest absolute Gasteiger partial charge is 0.261 e. The zero-order valence-electron chi connectivity index (χ0n) is 14.9. The predicted molar refractivity (Wildman–Crippen MR) is 106 cm³/mol. The number of hydrogen-bond donors (Lipinski definition) is 3. The SMILES string of the molecule is CC(=O)NCc1ccc(-c2csc(NC(=O)c3cc(C)ccc3O)n2)cc1. The molecule has 0 radical (unpaired) electrons. The van der Waals surface area contributed by atoms with E-state index >= 15 is 0 Å². The van der Waals surface area contributed by atoms with Crippen molar-refractivity contribution in [1.82, 2.24) is 10.3 Å². The monoisotopic (exact) mass is 381 g/mol. The summed E-state index contributed by atoms with van der Waals surface area (Å²) >= 11 is 1.31. The van der Waals surface area contributed by atoms with Crippen LogP contribution in [-0.4, -0.2) is 21.9 Å². The van der Waals surface area contributed by atoms with Crippen molar-refractivity contribution >= 4 is 28.3 Å². The van der Waals surface area contributed by atoms with E-state index in [2.05, 4.69) is 15.6 Å². The van der Waals surface area contributed by atoms with Crippen molar-refractivity contribution in [2.75, 3.05) is 5.32 Å². The predicted octanol–water partition coefficient (Wildman–Crippen LogP) is 3.71. The van der Waals surface area contributed by atoms with Crippen LogP contribution in [0.5, 0.6) is 5.75 Å². The maximum Gasteiger partial charge on any atom is 0.261 e. The summed E-state index contributed by atoms with van der Waals surface area (Å²) in [5, 5.41) is 17.7. The summed E-state index contributed by atoms with van der Waals surface area (Å²) < 4.78 is 0. The van der Waals surface area contributed by atoms with E-state index in [1.54, 1.807) is 12.1 Å². The van der Waals surface area contributed by atoms with Gasteiger partial charge in [0.15, 0.2) is 5.13 Å². The molecule has 0 aliphatic heterocycles. The molecule has 0 aliphatic rings. The Morgan fingerprint density at radius 1 is 1.15 bits per heavy atom. The maximum atomic E-state index is 12.4. The number of aromatic nitrogens is 1. The van der Waals surface area contributed by atoms with Gasteiger partial charge < -0.3 is 10.4 Å². The summed E-state index contributed by atoms with van der Waals surface area (Å²) in [6, 6.07) is 12.6. The van der Waals surface area contributed by atoms with Gasteiger partial charge in [-0.3, -0.25) is 14.9 Å². The summed E-state index contributed by atoms with van der Waals surface area (Å²) in [5.41, 5.74) is 3.76. The molecule has 1 aromatic heterocycles. The van der Waals surface area contributed by atoms with Gasteiger partial charge in [0.25, 0.3) is 5.91 Å². The molecule has 3 rings (SSSR count). The van der Waals surface area contributed by atoms with Crippen molar-refractivity contribution in [3.8, 4) is 17.0 Å². The number of nitrogens with one attached hydrogen (secondary N) is 2. The number of benzene rings is 2. The number of aryl methyl sites for hydroxylation is 1. The molecule has 0 aliphatic carbocycles. The molecule has 2 aromatic carbocycles. The zero-order chi connectivity index (χ0) is 19.4. The first kappa shape index (κ1) is 18.6. The first-order valence-electron chi connectivity index (χ1n) is 8.32. The number of carbonyl (C=O) groups is 2. The van der Waals surface area contributed by atoms with E-state index in [-0.39, 0.29) is 17.2 Å². The van der Waals surface area contributed by atoms with Gasteiger partial charge in [-0.1, -0.05) is 35.9 Å². The van der Waals surface area contributed by atoms with Crippen molar-refractivity contribution in [1.29, 1.82) is 0 Å². The Hall–Kier alpha value is -3.19. The molecular formula is C20H19N3O3S. The number of thiazole rings is 1. The largest absolute Gasteiger partial charge is 0.507 e. The Morgan fingerprint density at radius 3 is 2.59 bits per heavy atom. The highest BCUT2D eigenvalue weighted by molar-refractivity contribution is 7.14. The first-order chi connectivity index (χ1) is 12.9. The van der Waals surface area contributed by atoms with Crippen LogP contribution in [0, 0.1) is 6.92 Å². The molecule has 0 bridgehead atoms. The molecule has 138 valence electrons. The van der Waals surface area contributed by atoms with Gasteiger partial charge in [0, 0.05) is 24.4 Å². The van der Waals surface area contributed by atoms with Crippen LogP contribution in [-0.2, 0) is 11.3 Å². The fraction of sp³-hybridized carbons (Fsp3) is 0.150. The lowest BCUT2D eigenvalue weighted by Crippen LogP contribution is -2.18. The molecule has 3 aromatic rings. The topological polar surface area (TPSA) is 91.3 Å².